The molecular weight excluding hydrogens is 252 g/mol. The minimum atomic E-state index is 0.508. The topological polar surface area (TPSA) is 59.2 Å². The largest absolute Gasteiger partial charge is 0.352 e. The maximum Gasteiger partial charge on any atom is 0.207 e. The van der Waals surface area contributed by atoms with Crippen molar-refractivity contribution in [2.75, 3.05) is 11.4 Å². The lowest BCUT2D eigenvalue weighted by molar-refractivity contribution is 0.479. The van der Waals surface area contributed by atoms with Crippen molar-refractivity contribution in [3.63, 3.8) is 0 Å². The van der Waals surface area contributed by atoms with Gasteiger partial charge in [0.25, 0.3) is 0 Å². The van der Waals surface area contributed by atoms with E-state index in [0.29, 0.717) is 11.7 Å². The molecule has 20 heavy (non-hydrogen) atoms. The Morgan fingerprint density at radius 1 is 1.15 bits per heavy atom. The van der Waals surface area contributed by atoms with Crippen molar-refractivity contribution in [2.24, 2.45) is 0 Å². The number of aromatic nitrogens is 5. The minimum Gasteiger partial charge on any atom is -0.352 e. The molecule has 0 amide bonds. The predicted octanol–water partition coefficient (Wildman–Crippen LogP) is 2.05. The first-order chi connectivity index (χ1) is 9.84. The van der Waals surface area contributed by atoms with Crippen LogP contribution in [0.4, 0.5) is 5.82 Å². The van der Waals surface area contributed by atoms with Gasteiger partial charge in [-0.2, -0.15) is 0 Å². The molecule has 6 heteroatoms. The molecule has 0 N–H and O–H groups in total. The van der Waals surface area contributed by atoms with Crippen LogP contribution in [0.2, 0.25) is 0 Å². The second-order valence-electron chi connectivity index (χ2n) is 5.40. The number of rotatable bonds is 1. The van der Waals surface area contributed by atoms with Gasteiger partial charge in [-0.05, 0) is 36.6 Å². The van der Waals surface area contributed by atoms with E-state index >= 15 is 0 Å². The average molecular weight is 268 g/mol. The van der Waals surface area contributed by atoms with Gasteiger partial charge in [0.05, 0.1) is 0 Å². The van der Waals surface area contributed by atoms with Crippen molar-refractivity contribution in [2.45, 2.75) is 32.2 Å². The van der Waals surface area contributed by atoms with Crippen LogP contribution in [0.5, 0.6) is 0 Å². The highest BCUT2D eigenvalue weighted by molar-refractivity contribution is 6.00. The van der Waals surface area contributed by atoms with Gasteiger partial charge in [-0.1, -0.05) is 24.3 Å². The molecule has 0 radical (unpaired) electrons. The second kappa shape index (κ2) is 4.40. The number of tetrazole rings is 1. The van der Waals surface area contributed by atoms with Crippen LogP contribution in [0.1, 0.15) is 26.2 Å². The van der Waals surface area contributed by atoms with Gasteiger partial charge in [-0.15, -0.1) is 14.8 Å². The highest BCUT2D eigenvalue weighted by Crippen LogP contribution is 2.30. The molecule has 4 rings (SSSR count). The van der Waals surface area contributed by atoms with E-state index in [1.807, 2.05) is 12.1 Å². The van der Waals surface area contributed by atoms with Crippen LogP contribution in [0.25, 0.3) is 16.4 Å². The van der Waals surface area contributed by atoms with Gasteiger partial charge in [-0.25, -0.2) is 0 Å². The average Bonchev–Trinajstić information content (AvgIpc) is 2.96. The third kappa shape index (κ3) is 1.64. The smallest absolute Gasteiger partial charge is 0.207 e. The molecular formula is C14H16N6. The van der Waals surface area contributed by atoms with Crippen LogP contribution in [-0.4, -0.2) is 37.8 Å². The Hall–Kier alpha value is -2.24. The molecule has 6 nitrogen and oxygen atoms in total. The van der Waals surface area contributed by atoms with E-state index in [9.17, 15) is 0 Å². The summed E-state index contributed by atoms with van der Waals surface area (Å²) in [4.78, 5) is 2.38. The van der Waals surface area contributed by atoms with Crippen molar-refractivity contribution in [1.29, 1.82) is 0 Å². The monoisotopic (exact) mass is 268 g/mol. The zero-order valence-electron chi connectivity index (χ0n) is 11.4. The van der Waals surface area contributed by atoms with Crippen LogP contribution in [0.15, 0.2) is 24.3 Å². The lowest BCUT2D eigenvalue weighted by Gasteiger charge is -2.34. The summed E-state index contributed by atoms with van der Waals surface area (Å²) < 4.78 is 1.54. The first-order valence-electron chi connectivity index (χ1n) is 7.08. The van der Waals surface area contributed by atoms with Crippen LogP contribution in [0, 0.1) is 0 Å². The zero-order chi connectivity index (χ0) is 13.5. The molecule has 1 saturated heterocycles. The summed E-state index contributed by atoms with van der Waals surface area (Å²) >= 11 is 0. The second-order valence-corrected chi connectivity index (χ2v) is 5.40. The maximum absolute atomic E-state index is 4.64. The van der Waals surface area contributed by atoms with Gasteiger partial charge in [0.1, 0.15) is 0 Å². The summed E-state index contributed by atoms with van der Waals surface area (Å²) in [5.74, 6) is 0.993. The van der Waals surface area contributed by atoms with Crippen LogP contribution < -0.4 is 4.90 Å². The van der Waals surface area contributed by atoms with Gasteiger partial charge in [0, 0.05) is 23.4 Å². The van der Waals surface area contributed by atoms with Crippen molar-refractivity contribution < 1.29 is 0 Å². The molecule has 1 fully saturated rings. The Labute approximate surface area is 116 Å². The maximum atomic E-state index is 4.64. The molecule has 2 aromatic heterocycles. The first-order valence-corrected chi connectivity index (χ1v) is 7.08. The SMILES string of the molecule is CC1CCCCN1c1nn2nnnc2c2ccccc12. The van der Waals surface area contributed by atoms with E-state index in [0.717, 1.165) is 23.1 Å². The molecule has 0 aliphatic carbocycles. The molecule has 3 aromatic rings. The number of piperidine rings is 1. The molecule has 0 spiro atoms. The normalized spacial score (nSPS) is 19.9. The van der Waals surface area contributed by atoms with Gasteiger partial charge in [0.15, 0.2) is 5.82 Å². The molecule has 1 atom stereocenters. The van der Waals surface area contributed by atoms with Crippen molar-refractivity contribution >= 4 is 22.2 Å². The van der Waals surface area contributed by atoms with Crippen LogP contribution in [-0.2, 0) is 0 Å². The number of benzene rings is 1. The third-order valence-corrected chi connectivity index (χ3v) is 4.13. The van der Waals surface area contributed by atoms with Crippen LogP contribution >= 0.6 is 0 Å². The summed E-state index contributed by atoms with van der Waals surface area (Å²) in [6.45, 7) is 3.31. The third-order valence-electron chi connectivity index (χ3n) is 4.13. The van der Waals surface area contributed by atoms with Gasteiger partial charge < -0.3 is 4.90 Å². The fourth-order valence-corrected chi connectivity index (χ4v) is 3.05. The predicted molar refractivity (Wildman–Crippen MR) is 76.7 cm³/mol. The highest BCUT2D eigenvalue weighted by atomic mass is 15.6. The van der Waals surface area contributed by atoms with Crippen molar-refractivity contribution in [1.82, 2.24) is 25.3 Å². The molecule has 0 saturated carbocycles. The van der Waals surface area contributed by atoms with E-state index in [1.54, 1.807) is 4.63 Å². The summed E-state index contributed by atoms with van der Waals surface area (Å²) in [5.41, 5.74) is 0.717. The fourth-order valence-electron chi connectivity index (χ4n) is 3.05. The fraction of sp³-hybridized carbons (Fsp3) is 0.429. The lowest BCUT2D eigenvalue weighted by Crippen LogP contribution is -2.38. The molecule has 1 aromatic carbocycles. The molecule has 1 aliphatic rings. The van der Waals surface area contributed by atoms with Gasteiger partial charge in [-0.3, -0.25) is 0 Å². The van der Waals surface area contributed by atoms with E-state index in [-0.39, 0.29) is 0 Å². The van der Waals surface area contributed by atoms with Crippen molar-refractivity contribution in [3.05, 3.63) is 24.3 Å². The lowest BCUT2D eigenvalue weighted by atomic mass is 10.0. The number of anilines is 1. The summed E-state index contributed by atoms with van der Waals surface area (Å²) in [6.07, 6.45) is 3.72. The zero-order valence-corrected chi connectivity index (χ0v) is 11.4. The Balaban J connectivity index is 2.00. The summed E-state index contributed by atoms with van der Waals surface area (Å²) in [7, 11) is 0. The summed E-state index contributed by atoms with van der Waals surface area (Å²) in [6, 6.07) is 8.73. The number of hydrogen-bond donors (Lipinski definition) is 0. The Bertz CT molecular complexity index is 765. The van der Waals surface area contributed by atoms with E-state index < -0.39 is 0 Å². The molecule has 0 bridgehead atoms. The summed E-state index contributed by atoms with van der Waals surface area (Å²) in [5, 5.41) is 18.6. The van der Waals surface area contributed by atoms with E-state index in [1.165, 1.54) is 19.3 Å². The Morgan fingerprint density at radius 3 is 2.85 bits per heavy atom. The highest BCUT2D eigenvalue weighted by Gasteiger charge is 2.23. The standard InChI is InChI=1S/C14H16N6/c1-10-6-4-5-9-19(10)14-12-8-3-2-7-11(12)13-15-17-18-20(13)16-14/h2-3,7-8,10H,4-6,9H2,1H3. The molecule has 1 unspecified atom stereocenters. The molecule has 102 valence electrons. The number of hydrogen-bond acceptors (Lipinski definition) is 5. The van der Waals surface area contributed by atoms with Crippen LogP contribution in [0.3, 0.4) is 0 Å². The minimum absolute atomic E-state index is 0.508. The van der Waals surface area contributed by atoms with E-state index in [4.69, 9.17) is 0 Å². The quantitative estimate of drug-likeness (QED) is 0.676. The first kappa shape index (κ1) is 11.6. The Kier molecular flexibility index (Phi) is 2.55. The molecule has 3 heterocycles. The number of nitrogens with zero attached hydrogens (tertiary/aromatic N) is 6. The number of fused-ring (bicyclic) bond motifs is 3. The van der Waals surface area contributed by atoms with Gasteiger partial charge >= 0.3 is 0 Å². The molecule has 1 aliphatic heterocycles. The van der Waals surface area contributed by atoms with Gasteiger partial charge in [0.2, 0.25) is 5.65 Å². The van der Waals surface area contributed by atoms with Crippen molar-refractivity contribution in [3.8, 4) is 0 Å². The Morgan fingerprint density at radius 2 is 2.00 bits per heavy atom. The van der Waals surface area contributed by atoms with E-state index in [2.05, 4.69) is 44.6 Å².